The van der Waals surface area contributed by atoms with Crippen LogP contribution in [0.3, 0.4) is 0 Å². The third kappa shape index (κ3) is 5.56. The van der Waals surface area contributed by atoms with Gasteiger partial charge in [0.1, 0.15) is 0 Å². The van der Waals surface area contributed by atoms with Crippen molar-refractivity contribution in [3.8, 4) is 6.07 Å². The number of hydrogen-bond donors (Lipinski definition) is 1. The van der Waals surface area contributed by atoms with Gasteiger partial charge in [0.15, 0.2) is 0 Å². The van der Waals surface area contributed by atoms with Crippen molar-refractivity contribution in [3.63, 3.8) is 0 Å². The average molecular weight is 348 g/mol. The lowest BCUT2D eigenvalue weighted by Gasteiger charge is -2.19. The van der Waals surface area contributed by atoms with E-state index in [2.05, 4.69) is 16.4 Å². The molecule has 1 aromatic heterocycles. The Bertz CT molecular complexity index is 808. The standard InChI is InChI=1S/C20H20N4O2/c1-22-20(26)18-8-5-16(6-9-18)7-10-19(25)24(13-3-11-21)15-17-4-2-12-23-14-17/h2,4-10,12,14H,3,13,15H2,1H3,(H,22,26). The third-order valence-electron chi connectivity index (χ3n) is 3.72. The zero-order valence-corrected chi connectivity index (χ0v) is 14.6. The van der Waals surface area contributed by atoms with Gasteiger partial charge in [-0.25, -0.2) is 0 Å². The highest BCUT2D eigenvalue weighted by Gasteiger charge is 2.11. The first-order valence-corrected chi connectivity index (χ1v) is 8.19. The molecule has 132 valence electrons. The number of nitrogens with one attached hydrogen (secondary N) is 1. The molecular weight excluding hydrogens is 328 g/mol. The number of amides is 2. The minimum absolute atomic E-state index is 0.157. The van der Waals surface area contributed by atoms with Gasteiger partial charge < -0.3 is 10.2 Å². The predicted molar refractivity (Wildman–Crippen MR) is 98.8 cm³/mol. The van der Waals surface area contributed by atoms with Crippen molar-refractivity contribution >= 4 is 17.9 Å². The zero-order valence-electron chi connectivity index (χ0n) is 14.6. The summed E-state index contributed by atoms with van der Waals surface area (Å²) < 4.78 is 0. The van der Waals surface area contributed by atoms with Gasteiger partial charge in [0.2, 0.25) is 5.91 Å². The minimum Gasteiger partial charge on any atom is -0.355 e. The molecule has 0 unspecified atom stereocenters. The highest BCUT2D eigenvalue weighted by atomic mass is 16.2. The quantitative estimate of drug-likeness (QED) is 0.779. The van der Waals surface area contributed by atoms with Crippen molar-refractivity contribution in [3.05, 3.63) is 71.6 Å². The van der Waals surface area contributed by atoms with Crippen LogP contribution in [-0.2, 0) is 11.3 Å². The molecule has 0 saturated heterocycles. The number of carbonyl (C=O) groups excluding carboxylic acids is 2. The monoisotopic (exact) mass is 348 g/mol. The molecule has 1 aromatic carbocycles. The van der Waals surface area contributed by atoms with Crippen LogP contribution in [0.15, 0.2) is 54.9 Å². The zero-order chi connectivity index (χ0) is 18.8. The number of nitriles is 1. The lowest BCUT2D eigenvalue weighted by Crippen LogP contribution is -2.29. The Hall–Kier alpha value is -3.46. The van der Waals surface area contributed by atoms with Gasteiger partial charge in [-0.1, -0.05) is 18.2 Å². The molecule has 2 rings (SSSR count). The molecule has 0 bridgehead atoms. The number of carbonyl (C=O) groups is 2. The predicted octanol–water partition coefficient (Wildman–Crippen LogP) is 2.40. The molecule has 0 aliphatic rings. The minimum atomic E-state index is -0.181. The van der Waals surface area contributed by atoms with Gasteiger partial charge in [-0.3, -0.25) is 14.6 Å². The van der Waals surface area contributed by atoms with Crippen LogP contribution in [0.25, 0.3) is 6.08 Å². The second-order valence-corrected chi connectivity index (χ2v) is 5.56. The molecule has 0 atom stereocenters. The van der Waals surface area contributed by atoms with E-state index in [0.717, 1.165) is 11.1 Å². The molecule has 6 nitrogen and oxygen atoms in total. The second kappa shape index (κ2) is 9.74. The molecule has 2 amide bonds. The fourth-order valence-electron chi connectivity index (χ4n) is 2.33. The van der Waals surface area contributed by atoms with Gasteiger partial charge >= 0.3 is 0 Å². The van der Waals surface area contributed by atoms with Crippen LogP contribution in [0.1, 0.15) is 27.9 Å². The molecule has 0 fully saturated rings. The Morgan fingerprint density at radius 3 is 2.65 bits per heavy atom. The Labute approximate surface area is 152 Å². The summed E-state index contributed by atoms with van der Waals surface area (Å²) in [4.78, 5) is 29.7. The number of pyridine rings is 1. The van der Waals surface area contributed by atoms with E-state index in [0.29, 0.717) is 18.7 Å². The van der Waals surface area contributed by atoms with Crippen molar-refractivity contribution in [2.24, 2.45) is 0 Å². The molecule has 2 aromatic rings. The fourth-order valence-corrected chi connectivity index (χ4v) is 2.33. The maximum absolute atomic E-state index is 12.5. The van der Waals surface area contributed by atoms with Gasteiger partial charge in [-0.05, 0) is 35.4 Å². The van der Waals surface area contributed by atoms with Crippen molar-refractivity contribution in [1.29, 1.82) is 5.26 Å². The van der Waals surface area contributed by atoms with Gasteiger partial charge in [0.05, 0.1) is 12.5 Å². The lowest BCUT2D eigenvalue weighted by atomic mass is 10.1. The van der Waals surface area contributed by atoms with Crippen molar-refractivity contribution in [2.45, 2.75) is 13.0 Å². The van der Waals surface area contributed by atoms with Crippen LogP contribution in [0, 0.1) is 11.3 Å². The first-order valence-electron chi connectivity index (χ1n) is 8.19. The van der Waals surface area contributed by atoms with E-state index in [9.17, 15) is 9.59 Å². The van der Waals surface area contributed by atoms with Gasteiger partial charge in [-0.15, -0.1) is 0 Å². The number of benzene rings is 1. The van der Waals surface area contributed by atoms with Crippen LogP contribution in [0.4, 0.5) is 0 Å². The van der Waals surface area contributed by atoms with Crippen molar-refractivity contribution in [1.82, 2.24) is 15.2 Å². The molecule has 6 heteroatoms. The van der Waals surface area contributed by atoms with Gasteiger partial charge in [0, 0.05) is 44.2 Å². The Morgan fingerprint density at radius 2 is 2.04 bits per heavy atom. The summed E-state index contributed by atoms with van der Waals surface area (Å²) in [7, 11) is 1.58. The van der Waals surface area contributed by atoms with Crippen LogP contribution in [-0.4, -0.2) is 35.3 Å². The molecule has 26 heavy (non-hydrogen) atoms. The van der Waals surface area contributed by atoms with E-state index in [4.69, 9.17) is 5.26 Å². The molecule has 0 spiro atoms. The van der Waals surface area contributed by atoms with Crippen molar-refractivity contribution in [2.75, 3.05) is 13.6 Å². The first-order chi connectivity index (χ1) is 12.6. The average Bonchev–Trinajstić information content (AvgIpc) is 2.69. The van der Waals surface area contributed by atoms with Gasteiger partial charge in [-0.2, -0.15) is 5.26 Å². The normalized spacial score (nSPS) is 10.3. The SMILES string of the molecule is CNC(=O)c1ccc(C=CC(=O)N(CCC#N)Cc2cccnc2)cc1. The van der Waals surface area contributed by atoms with Crippen molar-refractivity contribution < 1.29 is 9.59 Å². The number of nitrogens with zero attached hydrogens (tertiary/aromatic N) is 3. The highest BCUT2D eigenvalue weighted by Crippen LogP contribution is 2.09. The Morgan fingerprint density at radius 1 is 1.27 bits per heavy atom. The molecule has 1 N–H and O–H groups in total. The summed E-state index contributed by atoms with van der Waals surface area (Å²) >= 11 is 0. The largest absolute Gasteiger partial charge is 0.355 e. The van der Waals surface area contributed by atoms with E-state index in [1.54, 1.807) is 54.7 Å². The maximum atomic E-state index is 12.5. The molecule has 1 heterocycles. The first kappa shape index (κ1) is 18.9. The maximum Gasteiger partial charge on any atom is 0.251 e. The van der Waals surface area contributed by atoms with Crippen LogP contribution in [0.5, 0.6) is 0 Å². The molecule has 0 aliphatic carbocycles. The smallest absolute Gasteiger partial charge is 0.251 e. The summed E-state index contributed by atoms with van der Waals surface area (Å²) in [6.45, 7) is 0.748. The number of aromatic nitrogens is 1. The lowest BCUT2D eigenvalue weighted by molar-refractivity contribution is -0.126. The van der Waals surface area contributed by atoms with Crippen LogP contribution in [0.2, 0.25) is 0 Å². The number of hydrogen-bond acceptors (Lipinski definition) is 4. The van der Waals surface area contributed by atoms with E-state index in [-0.39, 0.29) is 18.2 Å². The van der Waals surface area contributed by atoms with E-state index in [1.807, 2.05) is 12.1 Å². The Kier molecular flexibility index (Phi) is 7.07. The van der Waals surface area contributed by atoms with E-state index < -0.39 is 0 Å². The van der Waals surface area contributed by atoms with Crippen LogP contribution < -0.4 is 5.32 Å². The van der Waals surface area contributed by atoms with E-state index >= 15 is 0 Å². The molecule has 0 aliphatic heterocycles. The summed E-state index contributed by atoms with van der Waals surface area (Å²) in [5.74, 6) is -0.338. The number of rotatable bonds is 7. The third-order valence-corrected chi connectivity index (χ3v) is 3.72. The highest BCUT2D eigenvalue weighted by molar-refractivity contribution is 5.94. The second-order valence-electron chi connectivity index (χ2n) is 5.56. The molecular formula is C20H20N4O2. The molecule has 0 saturated carbocycles. The Balaban J connectivity index is 2.06. The summed E-state index contributed by atoms with van der Waals surface area (Å²) in [6, 6.07) is 12.7. The van der Waals surface area contributed by atoms with Gasteiger partial charge in [0.25, 0.3) is 5.91 Å². The van der Waals surface area contributed by atoms with Crippen LogP contribution >= 0.6 is 0 Å². The summed E-state index contributed by atoms with van der Waals surface area (Å²) in [5.41, 5.74) is 2.28. The summed E-state index contributed by atoms with van der Waals surface area (Å²) in [6.07, 6.45) is 6.81. The fraction of sp³-hybridized carbons (Fsp3) is 0.200. The van der Waals surface area contributed by atoms with E-state index in [1.165, 1.54) is 6.08 Å². The summed E-state index contributed by atoms with van der Waals surface area (Å²) in [5, 5.41) is 11.4. The topological polar surface area (TPSA) is 86.1 Å². The molecule has 0 radical (unpaired) electrons.